The van der Waals surface area contributed by atoms with Gasteiger partial charge in [-0.2, -0.15) is 0 Å². The van der Waals surface area contributed by atoms with Crippen molar-refractivity contribution in [3.8, 4) is 11.8 Å². The van der Waals surface area contributed by atoms with Gasteiger partial charge in [0, 0.05) is 23.5 Å². The molecule has 1 saturated heterocycles. The van der Waals surface area contributed by atoms with Gasteiger partial charge in [-0.15, -0.1) is 11.3 Å². The van der Waals surface area contributed by atoms with Gasteiger partial charge in [-0.3, -0.25) is 4.90 Å². The van der Waals surface area contributed by atoms with E-state index in [1.807, 2.05) is 11.3 Å². The van der Waals surface area contributed by atoms with Gasteiger partial charge in [0.1, 0.15) is 0 Å². The molecule has 0 saturated carbocycles. The Bertz CT molecular complexity index is 463. The quantitative estimate of drug-likeness (QED) is 0.856. The molecular weight excluding hydrogens is 252 g/mol. The number of likely N-dealkylation sites (tertiary alicyclic amines) is 1. The van der Waals surface area contributed by atoms with Gasteiger partial charge in [-0.05, 0) is 42.7 Å². The predicted molar refractivity (Wildman–Crippen MR) is 83.2 cm³/mol. The minimum Gasteiger partial charge on any atom is -0.320 e. The topological polar surface area (TPSA) is 29.3 Å². The average molecular weight is 276 g/mol. The highest BCUT2D eigenvalue weighted by Gasteiger charge is 2.34. The van der Waals surface area contributed by atoms with Crippen LogP contribution in [0.1, 0.15) is 43.6 Å². The summed E-state index contributed by atoms with van der Waals surface area (Å²) < 4.78 is 0. The zero-order valence-corrected chi connectivity index (χ0v) is 12.9. The summed E-state index contributed by atoms with van der Waals surface area (Å²) in [5.74, 6) is 6.14. The lowest BCUT2D eigenvalue weighted by atomic mass is 9.82. The third kappa shape index (κ3) is 3.39. The highest BCUT2D eigenvalue weighted by Crippen LogP contribution is 2.37. The second-order valence-electron chi connectivity index (χ2n) is 5.43. The minimum absolute atomic E-state index is 0.438. The maximum atomic E-state index is 5.45. The number of hydrogen-bond donors (Lipinski definition) is 1. The summed E-state index contributed by atoms with van der Waals surface area (Å²) in [6, 6.07) is 2.12. The standard InChI is InChI=1S/C16H24N2S/c1-3-16(4-2)8-10-18(13-16)12-15-14(6-5-9-17)7-11-19-15/h7,11H,3-4,8-10,12-13,17H2,1-2H3. The lowest BCUT2D eigenvalue weighted by Gasteiger charge is -2.26. The molecule has 0 radical (unpaired) electrons. The molecule has 104 valence electrons. The van der Waals surface area contributed by atoms with Gasteiger partial charge in [-0.1, -0.05) is 25.7 Å². The normalized spacial score (nSPS) is 18.3. The molecule has 1 fully saturated rings. The Balaban J connectivity index is 2.01. The molecule has 0 bridgehead atoms. The fourth-order valence-electron chi connectivity index (χ4n) is 2.91. The Labute approximate surface area is 121 Å². The van der Waals surface area contributed by atoms with Crippen LogP contribution in [0.5, 0.6) is 0 Å². The third-order valence-corrected chi connectivity index (χ3v) is 5.36. The number of nitrogens with two attached hydrogens (primary N) is 1. The summed E-state index contributed by atoms with van der Waals surface area (Å²) in [5.41, 5.74) is 7.17. The highest BCUT2D eigenvalue weighted by molar-refractivity contribution is 7.10. The van der Waals surface area contributed by atoms with Crippen molar-refractivity contribution < 1.29 is 0 Å². The van der Waals surface area contributed by atoms with E-state index in [1.54, 1.807) is 0 Å². The fraction of sp³-hybridized carbons (Fsp3) is 0.625. The van der Waals surface area contributed by atoms with E-state index in [9.17, 15) is 0 Å². The van der Waals surface area contributed by atoms with E-state index in [0.717, 1.165) is 6.54 Å². The Hall–Kier alpha value is -0.820. The van der Waals surface area contributed by atoms with Crippen LogP contribution in [0, 0.1) is 17.3 Å². The molecule has 1 aromatic rings. The Morgan fingerprint density at radius 1 is 1.42 bits per heavy atom. The fourth-order valence-corrected chi connectivity index (χ4v) is 3.79. The predicted octanol–water partition coefficient (Wildman–Crippen LogP) is 3.07. The third-order valence-electron chi connectivity index (χ3n) is 4.46. The van der Waals surface area contributed by atoms with Gasteiger partial charge in [-0.25, -0.2) is 0 Å². The Morgan fingerprint density at radius 3 is 2.84 bits per heavy atom. The van der Waals surface area contributed by atoms with E-state index in [2.05, 4.69) is 42.0 Å². The molecule has 3 heteroatoms. The number of nitrogens with zero attached hydrogens (tertiary/aromatic N) is 1. The molecule has 0 amide bonds. The molecule has 1 aliphatic heterocycles. The van der Waals surface area contributed by atoms with Gasteiger partial charge in [0.25, 0.3) is 0 Å². The van der Waals surface area contributed by atoms with Gasteiger partial charge in [0.2, 0.25) is 0 Å². The van der Waals surface area contributed by atoms with Crippen molar-refractivity contribution in [1.29, 1.82) is 0 Å². The second kappa shape index (κ2) is 6.56. The second-order valence-corrected chi connectivity index (χ2v) is 6.43. The van der Waals surface area contributed by atoms with Crippen molar-refractivity contribution in [2.75, 3.05) is 19.6 Å². The van der Waals surface area contributed by atoms with Crippen molar-refractivity contribution in [3.63, 3.8) is 0 Å². The van der Waals surface area contributed by atoms with Crippen LogP contribution in [-0.2, 0) is 6.54 Å². The molecule has 0 aliphatic carbocycles. The largest absolute Gasteiger partial charge is 0.320 e. The monoisotopic (exact) mass is 276 g/mol. The lowest BCUT2D eigenvalue weighted by Crippen LogP contribution is -2.26. The van der Waals surface area contributed by atoms with Gasteiger partial charge < -0.3 is 5.73 Å². The molecule has 0 atom stereocenters. The molecule has 1 aliphatic rings. The zero-order valence-electron chi connectivity index (χ0n) is 12.0. The van der Waals surface area contributed by atoms with E-state index in [-0.39, 0.29) is 0 Å². The van der Waals surface area contributed by atoms with E-state index >= 15 is 0 Å². The van der Waals surface area contributed by atoms with Crippen LogP contribution in [0.3, 0.4) is 0 Å². The summed E-state index contributed by atoms with van der Waals surface area (Å²) in [7, 11) is 0. The van der Waals surface area contributed by atoms with Crippen LogP contribution in [0.15, 0.2) is 11.4 Å². The zero-order chi connectivity index (χ0) is 13.7. The van der Waals surface area contributed by atoms with Crippen LogP contribution in [0.4, 0.5) is 0 Å². The van der Waals surface area contributed by atoms with Crippen LogP contribution in [0.2, 0.25) is 0 Å². The van der Waals surface area contributed by atoms with Gasteiger partial charge in [0.05, 0.1) is 6.54 Å². The summed E-state index contributed by atoms with van der Waals surface area (Å²) in [5, 5.41) is 2.14. The van der Waals surface area contributed by atoms with Crippen molar-refractivity contribution in [3.05, 3.63) is 21.9 Å². The smallest absolute Gasteiger partial charge is 0.0555 e. The molecule has 0 unspecified atom stereocenters. The van der Waals surface area contributed by atoms with Crippen LogP contribution in [-0.4, -0.2) is 24.5 Å². The summed E-state index contributed by atoms with van der Waals surface area (Å²) in [6.07, 6.45) is 3.93. The molecular formula is C16H24N2S. The molecule has 2 N–H and O–H groups in total. The van der Waals surface area contributed by atoms with E-state index in [1.165, 1.54) is 42.8 Å². The van der Waals surface area contributed by atoms with Crippen LogP contribution < -0.4 is 5.73 Å². The lowest BCUT2D eigenvalue weighted by molar-refractivity contribution is 0.237. The van der Waals surface area contributed by atoms with Crippen LogP contribution in [0.25, 0.3) is 0 Å². The van der Waals surface area contributed by atoms with E-state index in [0.29, 0.717) is 12.0 Å². The van der Waals surface area contributed by atoms with Crippen molar-refractivity contribution in [2.45, 2.75) is 39.7 Å². The van der Waals surface area contributed by atoms with E-state index in [4.69, 9.17) is 5.73 Å². The summed E-state index contributed by atoms with van der Waals surface area (Å²) in [4.78, 5) is 3.98. The number of thiophene rings is 1. The first kappa shape index (κ1) is 14.6. The SMILES string of the molecule is CCC1(CC)CCN(Cc2sccc2C#CCN)C1. The number of hydrogen-bond acceptors (Lipinski definition) is 3. The van der Waals surface area contributed by atoms with Crippen molar-refractivity contribution in [1.82, 2.24) is 4.90 Å². The Morgan fingerprint density at radius 2 is 2.21 bits per heavy atom. The first-order chi connectivity index (χ1) is 9.23. The molecule has 1 aromatic heterocycles. The molecule has 0 aromatic carbocycles. The molecule has 2 rings (SSSR count). The van der Waals surface area contributed by atoms with Crippen molar-refractivity contribution >= 4 is 11.3 Å². The molecule has 2 nitrogen and oxygen atoms in total. The Kier molecular flexibility index (Phi) is 5.04. The minimum atomic E-state index is 0.438. The molecule has 0 spiro atoms. The maximum absolute atomic E-state index is 5.45. The van der Waals surface area contributed by atoms with E-state index < -0.39 is 0 Å². The average Bonchev–Trinajstić information content (AvgIpc) is 3.04. The van der Waals surface area contributed by atoms with Crippen molar-refractivity contribution in [2.24, 2.45) is 11.1 Å². The number of rotatable bonds is 4. The van der Waals surface area contributed by atoms with Crippen LogP contribution >= 0.6 is 11.3 Å². The molecule has 2 heterocycles. The molecule has 19 heavy (non-hydrogen) atoms. The van der Waals surface area contributed by atoms with Gasteiger partial charge in [0.15, 0.2) is 0 Å². The van der Waals surface area contributed by atoms with Gasteiger partial charge >= 0.3 is 0 Å². The summed E-state index contributed by atoms with van der Waals surface area (Å²) in [6.45, 7) is 8.61. The summed E-state index contributed by atoms with van der Waals surface area (Å²) >= 11 is 1.82. The first-order valence-corrected chi connectivity index (χ1v) is 8.08. The highest BCUT2D eigenvalue weighted by atomic mass is 32.1. The maximum Gasteiger partial charge on any atom is 0.0555 e. The first-order valence-electron chi connectivity index (χ1n) is 7.20.